The highest BCUT2D eigenvalue weighted by molar-refractivity contribution is 7.15. The lowest BCUT2D eigenvalue weighted by Gasteiger charge is -2.19. The fourth-order valence-corrected chi connectivity index (χ4v) is 2.91. The molecule has 3 heteroatoms. The van der Waals surface area contributed by atoms with E-state index in [2.05, 4.69) is 21.4 Å². The lowest BCUT2D eigenvalue weighted by molar-refractivity contribution is 0.230. The molecule has 0 aromatic heterocycles. The van der Waals surface area contributed by atoms with Crippen LogP contribution < -0.4 is 4.74 Å². The predicted molar refractivity (Wildman–Crippen MR) is 93.9 cm³/mol. The van der Waals surface area contributed by atoms with E-state index in [0.717, 1.165) is 24.3 Å². The fourth-order valence-electron chi connectivity index (χ4n) is 2.63. The van der Waals surface area contributed by atoms with Crippen molar-refractivity contribution in [1.82, 2.24) is 0 Å². The molecule has 1 aromatic carbocycles. The van der Waals surface area contributed by atoms with Crippen molar-refractivity contribution in [2.75, 3.05) is 6.61 Å². The van der Waals surface area contributed by atoms with E-state index in [-0.39, 0.29) is 6.10 Å². The van der Waals surface area contributed by atoms with Crippen molar-refractivity contribution in [3.63, 3.8) is 0 Å². The van der Waals surface area contributed by atoms with Gasteiger partial charge in [-0.25, -0.2) is 0 Å². The predicted octanol–water partition coefficient (Wildman–Crippen LogP) is 4.80. The molecule has 120 valence electrons. The van der Waals surface area contributed by atoms with Crippen molar-refractivity contribution in [2.45, 2.75) is 64.6 Å². The Hall–Kier alpha value is -0.590. The van der Waals surface area contributed by atoms with Crippen molar-refractivity contribution < 1.29 is 9.84 Å². The molecular weight excluding hydrogens is 279 g/mol. The van der Waals surface area contributed by atoms with Crippen molar-refractivity contribution in [1.29, 1.82) is 0 Å². The maximum atomic E-state index is 8.62. The first kappa shape index (κ1) is 18.5. The van der Waals surface area contributed by atoms with Gasteiger partial charge in [0.15, 0.2) is 0 Å². The molecule has 1 saturated carbocycles. The molecule has 1 N–H and O–H groups in total. The largest absolute Gasteiger partial charge is 0.491 e. The summed E-state index contributed by atoms with van der Waals surface area (Å²) in [4.78, 5) is 0. The number of hydrogen-bond donors (Lipinski definition) is 1. The molecule has 21 heavy (non-hydrogen) atoms. The number of hydrogen-bond acceptors (Lipinski definition) is 2. The Labute approximate surface area is 132 Å². The van der Waals surface area contributed by atoms with Gasteiger partial charge >= 0.3 is 0 Å². The highest BCUT2D eigenvalue weighted by Crippen LogP contribution is 2.25. The van der Waals surface area contributed by atoms with Crippen LogP contribution in [-0.2, 0) is 6.16 Å². The van der Waals surface area contributed by atoms with E-state index in [4.69, 9.17) is 9.84 Å². The van der Waals surface area contributed by atoms with Gasteiger partial charge in [-0.05, 0) is 50.0 Å². The minimum Gasteiger partial charge on any atom is -0.491 e. The molecule has 0 spiro atoms. The summed E-state index contributed by atoms with van der Waals surface area (Å²) < 4.78 is 5.51. The second-order valence-corrected chi connectivity index (χ2v) is 6.44. The molecule has 2 nitrogen and oxygen atoms in total. The second kappa shape index (κ2) is 11.0. The quantitative estimate of drug-likeness (QED) is 0.792. The van der Waals surface area contributed by atoms with E-state index in [1.165, 1.54) is 37.7 Å². The molecule has 1 unspecified atom stereocenters. The van der Waals surface area contributed by atoms with Crippen LogP contribution in [0, 0.1) is 5.92 Å². The zero-order valence-electron chi connectivity index (χ0n) is 13.6. The molecule has 0 bridgehead atoms. The summed E-state index contributed by atoms with van der Waals surface area (Å²) in [6.07, 6.45) is 9.23. The molecule has 1 atom stereocenters. The van der Waals surface area contributed by atoms with Crippen LogP contribution in [0.25, 0.3) is 0 Å². The molecule has 0 saturated heterocycles. The van der Waals surface area contributed by atoms with Gasteiger partial charge in [-0.1, -0.05) is 44.2 Å². The third-order valence-corrected chi connectivity index (χ3v) is 4.26. The Balaban J connectivity index is 0.000000219. The van der Waals surface area contributed by atoms with Crippen LogP contribution in [0.4, 0.5) is 0 Å². The Bertz CT molecular complexity index is 353. The summed E-state index contributed by atoms with van der Waals surface area (Å²) in [5, 5.41) is 8.62. The summed E-state index contributed by atoms with van der Waals surface area (Å²) in [7, 11) is 2.70. The molecule has 0 aliphatic heterocycles. The van der Waals surface area contributed by atoms with Gasteiger partial charge in [0, 0.05) is 6.61 Å². The summed E-state index contributed by atoms with van der Waals surface area (Å²) in [6, 6.07) is 8.20. The van der Waals surface area contributed by atoms with Crippen LogP contribution in [-0.4, -0.2) is 17.8 Å². The summed E-state index contributed by atoms with van der Waals surface area (Å²) in [5.74, 6) is 1.80. The first-order chi connectivity index (χ1) is 10.2. The van der Waals surface area contributed by atoms with E-state index < -0.39 is 0 Å². The molecule has 1 aromatic rings. The van der Waals surface area contributed by atoms with E-state index in [1.807, 2.05) is 26.0 Å². The number of benzene rings is 1. The number of aliphatic hydroxyl groups is 1. The molecular formula is C18H31O2P. The highest BCUT2D eigenvalue weighted by Gasteiger charge is 2.11. The Morgan fingerprint density at radius 2 is 1.76 bits per heavy atom. The number of rotatable bonds is 5. The lowest BCUT2D eigenvalue weighted by atomic mass is 9.87. The monoisotopic (exact) mass is 310 g/mol. The van der Waals surface area contributed by atoms with Gasteiger partial charge in [-0.2, -0.15) is 0 Å². The van der Waals surface area contributed by atoms with Gasteiger partial charge in [-0.15, -0.1) is 9.24 Å². The lowest BCUT2D eigenvalue weighted by Crippen LogP contribution is -2.07. The zero-order chi connectivity index (χ0) is 15.5. The first-order valence-corrected chi connectivity index (χ1v) is 9.04. The molecule has 1 aliphatic carbocycles. The molecule has 0 radical (unpaired) electrons. The van der Waals surface area contributed by atoms with Gasteiger partial charge in [-0.3, -0.25) is 0 Å². The highest BCUT2D eigenvalue weighted by atomic mass is 31.0. The first-order valence-electron chi connectivity index (χ1n) is 8.22. The van der Waals surface area contributed by atoms with Crippen LogP contribution in [0.1, 0.15) is 57.9 Å². The van der Waals surface area contributed by atoms with Crippen molar-refractivity contribution >= 4 is 9.24 Å². The van der Waals surface area contributed by atoms with Gasteiger partial charge in [0.1, 0.15) is 5.75 Å². The Kier molecular flexibility index (Phi) is 9.70. The minimum atomic E-state index is 0.256. The van der Waals surface area contributed by atoms with Gasteiger partial charge in [0.25, 0.3) is 0 Å². The average Bonchev–Trinajstić information content (AvgIpc) is 2.49. The van der Waals surface area contributed by atoms with Crippen molar-refractivity contribution in [2.24, 2.45) is 5.92 Å². The number of aliphatic hydroxyl groups excluding tert-OH is 1. The van der Waals surface area contributed by atoms with Crippen LogP contribution in [0.2, 0.25) is 0 Å². The number of ether oxygens (including phenoxy) is 1. The zero-order valence-corrected chi connectivity index (χ0v) is 14.7. The molecule has 0 amide bonds. The standard InChI is InChI=1S/C10H15OP.C8H16O/c1-8(2)11-10-5-3-9(7-12)4-6-10;9-7-6-8-4-2-1-3-5-8/h3-6,8H,7,12H2,1-2H3;8-9H,1-7H2. The van der Waals surface area contributed by atoms with Gasteiger partial charge < -0.3 is 9.84 Å². The SMILES string of the molecule is CC(C)Oc1ccc(CP)cc1.OCCC1CCCCC1. The van der Waals surface area contributed by atoms with E-state index in [0.29, 0.717) is 6.61 Å². The maximum absolute atomic E-state index is 8.62. The molecule has 1 fully saturated rings. The smallest absolute Gasteiger partial charge is 0.119 e. The van der Waals surface area contributed by atoms with E-state index in [9.17, 15) is 0 Å². The van der Waals surface area contributed by atoms with Crippen LogP contribution in [0.3, 0.4) is 0 Å². The van der Waals surface area contributed by atoms with Crippen LogP contribution in [0.5, 0.6) is 5.75 Å². The summed E-state index contributed by atoms with van der Waals surface area (Å²) in [6.45, 7) is 4.46. The van der Waals surface area contributed by atoms with Crippen LogP contribution >= 0.6 is 9.24 Å². The van der Waals surface area contributed by atoms with Crippen LogP contribution in [0.15, 0.2) is 24.3 Å². The van der Waals surface area contributed by atoms with Gasteiger partial charge in [0.2, 0.25) is 0 Å². The van der Waals surface area contributed by atoms with E-state index in [1.54, 1.807) is 0 Å². The fraction of sp³-hybridized carbons (Fsp3) is 0.667. The average molecular weight is 310 g/mol. The topological polar surface area (TPSA) is 29.5 Å². The van der Waals surface area contributed by atoms with Crippen molar-refractivity contribution in [3.05, 3.63) is 29.8 Å². The molecule has 2 rings (SSSR count). The minimum absolute atomic E-state index is 0.256. The second-order valence-electron chi connectivity index (χ2n) is 6.03. The third-order valence-electron chi connectivity index (χ3n) is 3.79. The Morgan fingerprint density at radius 1 is 1.14 bits per heavy atom. The maximum Gasteiger partial charge on any atom is 0.119 e. The molecule has 0 heterocycles. The van der Waals surface area contributed by atoms with E-state index >= 15 is 0 Å². The summed E-state index contributed by atoms with van der Waals surface area (Å²) in [5.41, 5.74) is 1.32. The Morgan fingerprint density at radius 3 is 2.24 bits per heavy atom. The summed E-state index contributed by atoms with van der Waals surface area (Å²) >= 11 is 0. The molecule has 1 aliphatic rings. The third kappa shape index (κ3) is 8.44. The normalized spacial score (nSPS) is 15.5. The van der Waals surface area contributed by atoms with Gasteiger partial charge in [0.05, 0.1) is 6.10 Å². The van der Waals surface area contributed by atoms with Crippen molar-refractivity contribution in [3.8, 4) is 5.75 Å².